The number of nitrogens with one attached hydrogen (secondary N) is 2. The highest BCUT2D eigenvalue weighted by molar-refractivity contribution is 5.89. The second kappa shape index (κ2) is 7.70. The normalized spacial score (nSPS) is 15.4. The summed E-state index contributed by atoms with van der Waals surface area (Å²) in [6.45, 7) is 0. The number of imidazole rings is 1. The smallest absolute Gasteiger partial charge is 0.224 e. The topological polar surface area (TPSA) is 82.3 Å². The third-order valence-electron chi connectivity index (χ3n) is 5.18. The van der Waals surface area contributed by atoms with Crippen molar-refractivity contribution in [2.45, 2.75) is 38.1 Å². The summed E-state index contributed by atoms with van der Waals surface area (Å²) in [7, 11) is 1.90. The molecular weight excluding hydrogens is 336 g/mol. The summed E-state index contributed by atoms with van der Waals surface area (Å²) in [6, 6.07) is 14.3. The van der Waals surface area contributed by atoms with E-state index in [2.05, 4.69) is 15.3 Å². The second-order valence-corrected chi connectivity index (χ2v) is 7.06. The highest BCUT2D eigenvalue weighted by Gasteiger charge is 2.23. The number of fused-ring (bicyclic) bond motifs is 1. The van der Waals surface area contributed by atoms with E-state index in [-0.39, 0.29) is 0 Å². The van der Waals surface area contributed by atoms with Crippen molar-refractivity contribution < 1.29 is 0 Å². The van der Waals surface area contributed by atoms with E-state index < -0.39 is 0 Å². The molecule has 0 spiro atoms. The number of para-hydroxylation sites is 2. The zero-order chi connectivity index (χ0) is 18.6. The molecule has 0 saturated heterocycles. The molecular formula is C21H26N6. The number of nitrogens with zero attached hydrogens (tertiary/aromatic N) is 3. The first kappa shape index (κ1) is 17.4. The third-order valence-corrected chi connectivity index (χ3v) is 5.18. The first-order valence-electron chi connectivity index (χ1n) is 9.60. The van der Waals surface area contributed by atoms with E-state index in [9.17, 15) is 0 Å². The summed E-state index contributed by atoms with van der Waals surface area (Å²) in [5.41, 5.74) is 10.7. The maximum atomic E-state index is 5.97. The quantitative estimate of drug-likeness (QED) is 0.358. The Morgan fingerprint density at radius 1 is 1.19 bits per heavy atom. The van der Waals surface area contributed by atoms with Gasteiger partial charge in [0.25, 0.3) is 0 Å². The Hall–Kier alpha value is -3.02. The molecule has 3 aromatic rings. The van der Waals surface area contributed by atoms with E-state index in [1.54, 1.807) is 0 Å². The number of hydrogen-bond donors (Lipinski definition) is 3. The minimum absolute atomic E-state index is 0.356. The number of rotatable bonds is 5. The van der Waals surface area contributed by atoms with E-state index in [4.69, 9.17) is 15.8 Å². The van der Waals surface area contributed by atoms with Gasteiger partial charge in [-0.05, 0) is 43.2 Å². The van der Waals surface area contributed by atoms with E-state index in [1.807, 2.05) is 55.7 Å². The number of anilines is 3. The number of benzene rings is 2. The minimum Gasteiger partial charge on any atom is -0.399 e. The van der Waals surface area contributed by atoms with Crippen LogP contribution in [-0.2, 0) is 0 Å². The molecule has 0 aliphatic heterocycles. The van der Waals surface area contributed by atoms with Gasteiger partial charge >= 0.3 is 0 Å². The summed E-state index contributed by atoms with van der Waals surface area (Å²) in [5.74, 6) is 0.800. The molecule has 4 N–H and O–H groups in total. The van der Waals surface area contributed by atoms with Crippen LogP contribution in [0.4, 0.5) is 17.3 Å². The summed E-state index contributed by atoms with van der Waals surface area (Å²) < 4.78 is 0. The van der Waals surface area contributed by atoms with Gasteiger partial charge in [-0.15, -0.1) is 0 Å². The van der Waals surface area contributed by atoms with Crippen molar-refractivity contribution in [3.8, 4) is 0 Å². The van der Waals surface area contributed by atoms with Gasteiger partial charge in [-0.25, -0.2) is 9.99 Å². The van der Waals surface area contributed by atoms with Crippen LogP contribution in [-0.4, -0.2) is 29.3 Å². The highest BCUT2D eigenvalue weighted by atomic mass is 15.5. The lowest BCUT2D eigenvalue weighted by Gasteiger charge is -2.30. The zero-order valence-corrected chi connectivity index (χ0v) is 15.7. The molecule has 6 nitrogen and oxygen atoms in total. The van der Waals surface area contributed by atoms with Crippen LogP contribution in [0, 0.1) is 0 Å². The lowest BCUT2D eigenvalue weighted by Crippen LogP contribution is -2.33. The monoisotopic (exact) mass is 362 g/mol. The number of aromatic amines is 1. The first-order chi connectivity index (χ1) is 13.2. The van der Waals surface area contributed by atoms with Gasteiger partial charge in [-0.3, -0.25) is 0 Å². The lowest BCUT2D eigenvalue weighted by atomic mass is 9.95. The summed E-state index contributed by atoms with van der Waals surface area (Å²) in [4.78, 5) is 8.21. The molecule has 1 fully saturated rings. The number of H-pyrrole nitrogens is 1. The number of hydrogen-bond acceptors (Lipinski definition) is 5. The predicted molar refractivity (Wildman–Crippen MR) is 113 cm³/mol. The SMILES string of the molecule is CNc1ccc(N)cc1/C=N/N(c1nc2ccccc2[nH]1)C1CCCCC1. The van der Waals surface area contributed by atoms with Crippen molar-refractivity contribution >= 4 is 34.6 Å². The van der Waals surface area contributed by atoms with Crippen LogP contribution in [0.5, 0.6) is 0 Å². The Kier molecular flexibility index (Phi) is 4.96. The van der Waals surface area contributed by atoms with Gasteiger partial charge in [0, 0.05) is 24.0 Å². The molecule has 0 bridgehead atoms. The van der Waals surface area contributed by atoms with Crippen LogP contribution in [0.15, 0.2) is 47.6 Å². The van der Waals surface area contributed by atoms with Crippen molar-refractivity contribution in [3.63, 3.8) is 0 Å². The maximum Gasteiger partial charge on any atom is 0.224 e. The number of nitrogens with two attached hydrogens (primary N) is 1. The Morgan fingerprint density at radius 2 is 2.00 bits per heavy atom. The molecule has 0 amide bonds. The molecule has 4 rings (SSSR count). The molecule has 2 aromatic carbocycles. The summed E-state index contributed by atoms with van der Waals surface area (Å²) in [5, 5.41) is 10.1. The largest absolute Gasteiger partial charge is 0.399 e. The van der Waals surface area contributed by atoms with Crippen molar-refractivity contribution in [2.24, 2.45) is 5.10 Å². The van der Waals surface area contributed by atoms with E-state index >= 15 is 0 Å². The van der Waals surface area contributed by atoms with Crippen LogP contribution in [0.2, 0.25) is 0 Å². The Bertz CT molecular complexity index is 906. The lowest BCUT2D eigenvalue weighted by molar-refractivity contribution is 0.416. The average molecular weight is 362 g/mol. The molecule has 1 aliphatic carbocycles. The number of aromatic nitrogens is 2. The van der Waals surface area contributed by atoms with Gasteiger partial charge in [0.05, 0.1) is 23.3 Å². The maximum absolute atomic E-state index is 5.97. The zero-order valence-electron chi connectivity index (χ0n) is 15.7. The molecule has 0 radical (unpaired) electrons. The van der Waals surface area contributed by atoms with Crippen LogP contribution in [0.1, 0.15) is 37.7 Å². The molecule has 27 heavy (non-hydrogen) atoms. The number of nitrogen functional groups attached to an aromatic ring is 1. The molecule has 1 aliphatic rings. The molecule has 140 valence electrons. The standard InChI is InChI=1S/C21H26N6/c1-23-18-12-11-16(22)13-15(18)14-24-27(17-7-3-2-4-8-17)21-25-19-9-5-6-10-20(19)26-21/h5-6,9-14,17,23H,2-4,7-8,22H2,1H3,(H,25,26)/b24-14+. The van der Waals surface area contributed by atoms with Gasteiger partial charge < -0.3 is 16.0 Å². The van der Waals surface area contributed by atoms with E-state index in [0.29, 0.717) is 6.04 Å². The van der Waals surface area contributed by atoms with Gasteiger partial charge in [0.1, 0.15) is 0 Å². The van der Waals surface area contributed by atoms with E-state index in [1.165, 1.54) is 19.3 Å². The highest BCUT2D eigenvalue weighted by Crippen LogP contribution is 2.28. The fourth-order valence-corrected chi connectivity index (χ4v) is 3.74. The van der Waals surface area contributed by atoms with Crippen molar-refractivity contribution in [1.82, 2.24) is 9.97 Å². The van der Waals surface area contributed by atoms with Crippen LogP contribution in [0.25, 0.3) is 11.0 Å². The molecule has 1 aromatic heterocycles. The first-order valence-corrected chi connectivity index (χ1v) is 9.60. The van der Waals surface area contributed by atoms with Gasteiger partial charge in [-0.1, -0.05) is 31.4 Å². The Balaban J connectivity index is 1.70. The van der Waals surface area contributed by atoms with Gasteiger partial charge in [-0.2, -0.15) is 5.10 Å². The fourth-order valence-electron chi connectivity index (χ4n) is 3.74. The van der Waals surface area contributed by atoms with Crippen LogP contribution >= 0.6 is 0 Å². The Morgan fingerprint density at radius 3 is 2.78 bits per heavy atom. The molecule has 1 saturated carbocycles. The van der Waals surface area contributed by atoms with Crippen molar-refractivity contribution in [3.05, 3.63) is 48.0 Å². The Labute approximate surface area is 159 Å². The minimum atomic E-state index is 0.356. The summed E-state index contributed by atoms with van der Waals surface area (Å²) >= 11 is 0. The molecule has 0 atom stereocenters. The second-order valence-electron chi connectivity index (χ2n) is 7.06. The van der Waals surface area contributed by atoms with Gasteiger partial charge in [0.15, 0.2) is 0 Å². The van der Waals surface area contributed by atoms with Crippen molar-refractivity contribution in [2.75, 3.05) is 23.1 Å². The third kappa shape index (κ3) is 3.74. The molecule has 6 heteroatoms. The van der Waals surface area contributed by atoms with Crippen molar-refractivity contribution in [1.29, 1.82) is 0 Å². The average Bonchev–Trinajstić information content (AvgIpc) is 3.13. The van der Waals surface area contributed by atoms with Crippen LogP contribution < -0.4 is 16.1 Å². The summed E-state index contributed by atoms with van der Waals surface area (Å²) in [6.07, 6.45) is 7.90. The predicted octanol–water partition coefficient (Wildman–Crippen LogP) is 4.36. The number of hydrazone groups is 1. The van der Waals surface area contributed by atoms with Crippen LogP contribution in [0.3, 0.4) is 0 Å². The molecule has 0 unspecified atom stereocenters. The fraction of sp³-hybridized carbons (Fsp3) is 0.333. The molecule has 1 heterocycles. The van der Waals surface area contributed by atoms with Gasteiger partial charge in [0.2, 0.25) is 5.95 Å². The van der Waals surface area contributed by atoms with E-state index in [0.717, 1.165) is 46.8 Å².